The number of esters is 1. The van der Waals surface area contributed by atoms with Crippen molar-refractivity contribution >= 4 is 20.1 Å². The minimum Gasteiger partial charge on any atom is -0.464 e. The van der Waals surface area contributed by atoms with Crippen molar-refractivity contribution in [1.29, 1.82) is 0 Å². The molecule has 1 heterocycles. The summed E-state index contributed by atoms with van der Waals surface area (Å²) in [5.41, 5.74) is 0.553. The van der Waals surface area contributed by atoms with Gasteiger partial charge in [-0.2, -0.15) is 0 Å². The summed E-state index contributed by atoms with van der Waals surface area (Å²) >= 11 is 0. The van der Waals surface area contributed by atoms with Gasteiger partial charge >= 0.3 is 5.97 Å². The summed E-state index contributed by atoms with van der Waals surface area (Å²) in [5.74, 6) is -0.310. The van der Waals surface area contributed by atoms with Gasteiger partial charge in [-0.05, 0) is 24.2 Å². The number of rotatable bonds is 10. The van der Waals surface area contributed by atoms with Crippen LogP contribution in [0.2, 0.25) is 18.1 Å². The summed E-state index contributed by atoms with van der Waals surface area (Å²) in [6, 6.07) is 3.16. The standard InChI is InChI=1S/C19H33NO5Si/c1-4-26(5-2,6-3)25-17-13-16(18(21)15-17)14-19(22)24-12-9-20-7-10-23-11-8-20/h13,17H,4-12,14-15H2,1-3H3/t17-/m0/s1. The highest BCUT2D eigenvalue weighted by Gasteiger charge is 2.35. The molecule has 148 valence electrons. The highest BCUT2D eigenvalue weighted by atomic mass is 28.4. The summed E-state index contributed by atoms with van der Waals surface area (Å²) in [5, 5.41) is 0. The summed E-state index contributed by atoms with van der Waals surface area (Å²) in [6.45, 7) is 10.8. The molecular weight excluding hydrogens is 350 g/mol. The first kappa shape index (κ1) is 21.3. The van der Waals surface area contributed by atoms with E-state index in [-0.39, 0.29) is 24.3 Å². The van der Waals surface area contributed by atoms with Gasteiger partial charge in [0.25, 0.3) is 0 Å². The van der Waals surface area contributed by atoms with Crippen molar-refractivity contribution in [1.82, 2.24) is 4.90 Å². The van der Waals surface area contributed by atoms with Crippen LogP contribution in [0.3, 0.4) is 0 Å². The second-order valence-corrected chi connectivity index (χ2v) is 11.8. The first-order valence-electron chi connectivity index (χ1n) is 9.89. The molecule has 1 fully saturated rings. The van der Waals surface area contributed by atoms with Gasteiger partial charge < -0.3 is 13.9 Å². The monoisotopic (exact) mass is 383 g/mol. The van der Waals surface area contributed by atoms with Crippen LogP contribution in [-0.2, 0) is 23.5 Å². The minimum absolute atomic E-state index is 0.0198. The predicted octanol–water partition coefficient (Wildman–Crippen LogP) is 2.54. The fraction of sp³-hybridized carbons (Fsp3) is 0.789. The highest BCUT2D eigenvalue weighted by molar-refractivity contribution is 6.73. The van der Waals surface area contributed by atoms with E-state index in [1.165, 1.54) is 0 Å². The zero-order chi connectivity index (χ0) is 19.0. The Labute approximate surface area is 158 Å². The van der Waals surface area contributed by atoms with Crippen LogP contribution in [0.5, 0.6) is 0 Å². The van der Waals surface area contributed by atoms with E-state index in [4.69, 9.17) is 13.9 Å². The molecule has 0 spiro atoms. The fourth-order valence-corrected chi connectivity index (χ4v) is 6.36. The van der Waals surface area contributed by atoms with Crippen LogP contribution in [0, 0.1) is 0 Å². The van der Waals surface area contributed by atoms with Gasteiger partial charge in [-0.3, -0.25) is 14.5 Å². The third-order valence-corrected chi connectivity index (χ3v) is 10.2. The lowest BCUT2D eigenvalue weighted by Crippen LogP contribution is -2.39. The van der Waals surface area contributed by atoms with Gasteiger partial charge in [-0.1, -0.05) is 20.8 Å². The number of morpholine rings is 1. The Morgan fingerprint density at radius 2 is 1.88 bits per heavy atom. The molecule has 0 aromatic heterocycles. The molecule has 0 N–H and O–H groups in total. The summed E-state index contributed by atoms with van der Waals surface area (Å²) in [4.78, 5) is 26.5. The van der Waals surface area contributed by atoms with E-state index < -0.39 is 8.32 Å². The molecule has 26 heavy (non-hydrogen) atoms. The van der Waals surface area contributed by atoms with Crippen LogP contribution in [-0.4, -0.2) is 70.5 Å². The molecule has 2 aliphatic rings. The third kappa shape index (κ3) is 6.01. The lowest BCUT2D eigenvalue weighted by Gasteiger charge is -2.30. The van der Waals surface area contributed by atoms with Crippen molar-refractivity contribution in [3.8, 4) is 0 Å². The second-order valence-electron chi connectivity index (χ2n) is 7.07. The maximum absolute atomic E-state index is 12.2. The molecule has 1 saturated heterocycles. The SMILES string of the molecule is CC[Si](CC)(CC)O[C@H]1C=C(CC(=O)OCCN2CCOCC2)C(=O)C1. The zero-order valence-corrected chi connectivity index (χ0v) is 17.4. The van der Waals surface area contributed by atoms with Crippen LogP contribution in [0.1, 0.15) is 33.6 Å². The maximum atomic E-state index is 12.2. The molecule has 0 unspecified atom stereocenters. The molecular formula is C19H33NO5Si. The van der Waals surface area contributed by atoms with Crippen molar-refractivity contribution in [2.24, 2.45) is 0 Å². The van der Waals surface area contributed by atoms with E-state index >= 15 is 0 Å². The molecule has 0 aromatic rings. The van der Waals surface area contributed by atoms with Gasteiger partial charge in [-0.25, -0.2) is 0 Å². The molecule has 0 saturated carbocycles. The van der Waals surface area contributed by atoms with Gasteiger partial charge in [0, 0.05) is 31.6 Å². The van der Waals surface area contributed by atoms with E-state index in [1.807, 2.05) is 6.08 Å². The first-order chi connectivity index (χ1) is 12.5. The van der Waals surface area contributed by atoms with Crippen molar-refractivity contribution < 1.29 is 23.5 Å². The fourth-order valence-electron chi connectivity index (χ4n) is 3.56. The summed E-state index contributed by atoms with van der Waals surface area (Å²) in [7, 11) is -1.75. The normalized spacial score (nSPS) is 21.7. The Balaban J connectivity index is 1.78. The van der Waals surface area contributed by atoms with E-state index in [9.17, 15) is 9.59 Å². The number of nitrogens with zero attached hydrogens (tertiary/aromatic N) is 1. The summed E-state index contributed by atoms with van der Waals surface area (Å²) < 4.78 is 17.0. The number of carbonyl (C=O) groups excluding carboxylic acids is 2. The molecule has 0 aromatic carbocycles. The molecule has 1 atom stereocenters. The van der Waals surface area contributed by atoms with Gasteiger partial charge in [0.15, 0.2) is 14.1 Å². The van der Waals surface area contributed by atoms with Crippen molar-refractivity contribution in [3.05, 3.63) is 11.6 Å². The Kier molecular flexibility index (Phi) is 8.47. The Hall–Kier alpha value is -1.02. The first-order valence-corrected chi connectivity index (χ1v) is 12.4. The topological polar surface area (TPSA) is 65.1 Å². The van der Waals surface area contributed by atoms with Gasteiger partial charge in [0.05, 0.1) is 25.7 Å². The van der Waals surface area contributed by atoms with Crippen molar-refractivity contribution in [3.63, 3.8) is 0 Å². The smallest absolute Gasteiger partial charge is 0.310 e. The Morgan fingerprint density at radius 1 is 1.23 bits per heavy atom. The largest absolute Gasteiger partial charge is 0.464 e. The average molecular weight is 384 g/mol. The van der Waals surface area contributed by atoms with Gasteiger partial charge in [-0.15, -0.1) is 0 Å². The van der Waals surface area contributed by atoms with Crippen LogP contribution in [0.4, 0.5) is 0 Å². The van der Waals surface area contributed by atoms with Crippen LogP contribution < -0.4 is 0 Å². The molecule has 1 aliphatic heterocycles. The number of hydrogen-bond acceptors (Lipinski definition) is 6. The lowest BCUT2D eigenvalue weighted by atomic mass is 10.1. The third-order valence-electron chi connectivity index (χ3n) is 5.58. The molecule has 2 rings (SSSR count). The number of ketones is 1. The molecule has 0 bridgehead atoms. The minimum atomic E-state index is -1.75. The van der Waals surface area contributed by atoms with Crippen molar-refractivity contribution in [2.45, 2.75) is 57.8 Å². The number of carbonyl (C=O) groups is 2. The van der Waals surface area contributed by atoms with E-state index in [2.05, 4.69) is 25.7 Å². The number of Topliss-reactive ketones (excluding diaryl/α,β-unsaturated/α-hetero) is 1. The molecule has 0 radical (unpaired) electrons. The molecule has 7 heteroatoms. The average Bonchev–Trinajstić information content (AvgIpc) is 2.99. The molecule has 6 nitrogen and oxygen atoms in total. The quantitative estimate of drug-likeness (QED) is 0.427. The Bertz CT molecular complexity index is 504. The summed E-state index contributed by atoms with van der Waals surface area (Å²) in [6.07, 6.45) is 2.12. The van der Waals surface area contributed by atoms with E-state index in [1.54, 1.807) is 0 Å². The number of ether oxygens (including phenoxy) is 2. The van der Waals surface area contributed by atoms with E-state index in [0.717, 1.165) is 44.4 Å². The van der Waals surface area contributed by atoms with Crippen LogP contribution in [0.25, 0.3) is 0 Å². The lowest BCUT2D eigenvalue weighted by molar-refractivity contribution is -0.144. The Morgan fingerprint density at radius 3 is 2.50 bits per heavy atom. The predicted molar refractivity (Wildman–Crippen MR) is 103 cm³/mol. The van der Waals surface area contributed by atoms with E-state index in [0.29, 0.717) is 25.1 Å². The molecule has 1 aliphatic carbocycles. The highest BCUT2D eigenvalue weighted by Crippen LogP contribution is 2.29. The second kappa shape index (κ2) is 10.3. The van der Waals surface area contributed by atoms with Crippen molar-refractivity contribution in [2.75, 3.05) is 39.5 Å². The van der Waals surface area contributed by atoms with Gasteiger partial charge in [0.2, 0.25) is 0 Å². The van der Waals surface area contributed by atoms with Crippen LogP contribution >= 0.6 is 0 Å². The van der Waals surface area contributed by atoms with Gasteiger partial charge in [0.1, 0.15) is 6.61 Å². The molecule has 0 amide bonds. The van der Waals surface area contributed by atoms with Crippen LogP contribution in [0.15, 0.2) is 11.6 Å². The maximum Gasteiger partial charge on any atom is 0.310 e. The number of hydrogen-bond donors (Lipinski definition) is 0. The zero-order valence-electron chi connectivity index (χ0n) is 16.4.